The van der Waals surface area contributed by atoms with E-state index >= 15 is 0 Å². The van der Waals surface area contributed by atoms with Crippen LogP contribution in [0, 0.1) is 0 Å². The van der Waals surface area contributed by atoms with Gasteiger partial charge in [0.05, 0.1) is 9.80 Å². The van der Waals surface area contributed by atoms with Crippen LogP contribution in [0.5, 0.6) is 0 Å². The molecule has 0 fully saturated rings. The summed E-state index contributed by atoms with van der Waals surface area (Å²) in [5.74, 6) is 0.311. The highest BCUT2D eigenvalue weighted by Crippen LogP contribution is 2.54. The molecule has 0 saturated heterocycles. The van der Waals surface area contributed by atoms with Crippen LogP contribution in [-0.4, -0.2) is 8.42 Å². The van der Waals surface area contributed by atoms with Gasteiger partial charge in [0.15, 0.2) is 0 Å². The van der Waals surface area contributed by atoms with Crippen molar-refractivity contribution in [3.05, 3.63) is 76.7 Å². The second kappa shape index (κ2) is 4.06. The lowest BCUT2D eigenvalue weighted by atomic mass is 9.97. The van der Waals surface area contributed by atoms with Crippen molar-refractivity contribution in [1.82, 2.24) is 0 Å². The Hall–Kier alpha value is -1.87. The molecule has 0 spiro atoms. The van der Waals surface area contributed by atoms with E-state index < -0.39 is 9.84 Å². The van der Waals surface area contributed by atoms with Gasteiger partial charge < -0.3 is 0 Å². The van der Waals surface area contributed by atoms with Crippen molar-refractivity contribution in [3.63, 3.8) is 0 Å². The Balaban J connectivity index is 1.82. The van der Waals surface area contributed by atoms with Crippen LogP contribution in [0.3, 0.4) is 0 Å². The maximum absolute atomic E-state index is 12.8. The molecule has 0 aromatic heterocycles. The van der Waals surface area contributed by atoms with E-state index in [0.717, 1.165) is 6.42 Å². The molecule has 3 heteroatoms. The molecule has 0 amide bonds. The maximum Gasteiger partial charge on any atom is 0.203 e. The molecular weight excluding hydrogens is 268 g/mol. The minimum Gasteiger partial charge on any atom is -0.219 e. The Morgan fingerprint density at radius 1 is 0.850 bits per heavy atom. The summed E-state index contributed by atoms with van der Waals surface area (Å²) in [7, 11) is -3.35. The first kappa shape index (κ1) is 11.9. The lowest BCUT2D eigenvalue weighted by molar-refractivity contribution is 0.598. The van der Waals surface area contributed by atoms with Gasteiger partial charge in [-0.2, -0.15) is 0 Å². The first-order chi connectivity index (χ1) is 9.68. The number of benzene rings is 2. The average molecular weight is 282 g/mol. The van der Waals surface area contributed by atoms with Crippen LogP contribution < -0.4 is 0 Å². The summed E-state index contributed by atoms with van der Waals surface area (Å²) in [4.78, 5) is 0.990. The van der Waals surface area contributed by atoms with Gasteiger partial charge in [-0.25, -0.2) is 8.42 Å². The van der Waals surface area contributed by atoms with Crippen LogP contribution in [-0.2, 0) is 9.84 Å². The Labute approximate surface area is 118 Å². The number of sulfone groups is 1. The summed E-state index contributed by atoms with van der Waals surface area (Å²) in [6.45, 7) is 0. The molecule has 2 bridgehead atoms. The van der Waals surface area contributed by atoms with Crippen LogP contribution in [0.1, 0.15) is 29.4 Å². The molecule has 2 aliphatic carbocycles. The fourth-order valence-corrected chi connectivity index (χ4v) is 5.16. The largest absolute Gasteiger partial charge is 0.219 e. The first-order valence-electron chi connectivity index (χ1n) is 6.78. The molecule has 0 radical (unpaired) electrons. The molecule has 2 atom stereocenters. The van der Waals surface area contributed by atoms with Gasteiger partial charge in [-0.15, -0.1) is 0 Å². The van der Waals surface area contributed by atoms with Crippen LogP contribution >= 0.6 is 0 Å². The molecule has 0 N–H and O–H groups in total. The smallest absolute Gasteiger partial charge is 0.203 e. The predicted molar refractivity (Wildman–Crippen MR) is 78.3 cm³/mol. The molecule has 100 valence electrons. The van der Waals surface area contributed by atoms with E-state index in [4.69, 9.17) is 0 Å². The fraction of sp³-hybridized carbons (Fsp3) is 0.176. The van der Waals surface area contributed by atoms with Gasteiger partial charge >= 0.3 is 0 Å². The summed E-state index contributed by atoms with van der Waals surface area (Å²) < 4.78 is 25.5. The number of fused-ring (bicyclic) bond motifs is 5. The fourth-order valence-electron chi connectivity index (χ4n) is 3.43. The van der Waals surface area contributed by atoms with Crippen molar-refractivity contribution in [2.45, 2.75) is 23.2 Å². The third kappa shape index (κ3) is 1.53. The Morgan fingerprint density at radius 3 is 2.25 bits per heavy atom. The number of hydrogen-bond acceptors (Lipinski definition) is 2. The third-order valence-electron chi connectivity index (χ3n) is 4.33. The van der Waals surface area contributed by atoms with Gasteiger partial charge in [-0.3, -0.25) is 0 Å². The van der Waals surface area contributed by atoms with E-state index in [1.54, 1.807) is 24.3 Å². The normalized spacial score (nSPS) is 23.5. The predicted octanol–water partition coefficient (Wildman–Crippen LogP) is 3.63. The van der Waals surface area contributed by atoms with Crippen molar-refractivity contribution in [2.75, 3.05) is 0 Å². The van der Waals surface area contributed by atoms with E-state index in [1.807, 2.05) is 24.3 Å². The standard InChI is InChI=1S/C17H14O2S/c18-20(19,13-6-2-1-3-7-13)17-11-12-10-16(17)15-9-5-4-8-14(12)15/h1-9,11-12,16H,10H2/t12-,16-/m0/s1. The lowest BCUT2D eigenvalue weighted by Gasteiger charge is -2.17. The zero-order valence-electron chi connectivity index (χ0n) is 10.9. The molecule has 2 aromatic rings. The zero-order chi connectivity index (χ0) is 13.7. The molecule has 0 unspecified atom stereocenters. The summed E-state index contributed by atoms with van der Waals surface area (Å²) >= 11 is 0. The number of allylic oxidation sites excluding steroid dienone is 2. The van der Waals surface area contributed by atoms with E-state index in [0.29, 0.717) is 9.80 Å². The summed E-state index contributed by atoms with van der Waals surface area (Å²) in [6, 6.07) is 16.9. The highest BCUT2D eigenvalue weighted by atomic mass is 32.2. The second-order valence-corrected chi connectivity index (χ2v) is 7.36. The number of rotatable bonds is 2. The van der Waals surface area contributed by atoms with Crippen molar-refractivity contribution < 1.29 is 8.42 Å². The van der Waals surface area contributed by atoms with Gasteiger partial charge in [-0.05, 0) is 29.7 Å². The van der Waals surface area contributed by atoms with E-state index in [-0.39, 0.29) is 11.8 Å². The SMILES string of the molecule is O=S(=O)(C1=C[C@@H]2C[C@H]1c1ccccc12)c1ccccc1. The quantitative estimate of drug-likeness (QED) is 0.843. The monoisotopic (exact) mass is 282 g/mol. The van der Waals surface area contributed by atoms with Gasteiger partial charge in [0.1, 0.15) is 0 Å². The van der Waals surface area contributed by atoms with Crippen LogP contribution in [0.2, 0.25) is 0 Å². The minimum atomic E-state index is -3.35. The highest BCUT2D eigenvalue weighted by molar-refractivity contribution is 7.95. The third-order valence-corrected chi connectivity index (χ3v) is 6.27. The molecule has 0 heterocycles. The maximum atomic E-state index is 12.8. The molecule has 0 aliphatic heterocycles. The van der Waals surface area contributed by atoms with Crippen LogP contribution in [0.15, 0.2) is 70.5 Å². The molecular formula is C17H14O2S. The summed E-state index contributed by atoms with van der Waals surface area (Å²) in [5, 5.41) is 0. The van der Waals surface area contributed by atoms with E-state index in [9.17, 15) is 8.42 Å². The first-order valence-corrected chi connectivity index (χ1v) is 8.27. The van der Waals surface area contributed by atoms with Crippen molar-refractivity contribution in [2.24, 2.45) is 0 Å². The summed E-state index contributed by atoms with van der Waals surface area (Å²) in [6.07, 6.45) is 2.86. The van der Waals surface area contributed by atoms with E-state index in [2.05, 4.69) is 12.1 Å². The topological polar surface area (TPSA) is 34.1 Å². The van der Waals surface area contributed by atoms with Gasteiger partial charge in [0.2, 0.25) is 9.84 Å². The Bertz CT molecular complexity index is 804. The van der Waals surface area contributed by atoms with Crippen molar-refractivity contribution in [1.29, 1.82) is 0 Å². The molecule has 4 rings (SSSR count). The second-order valence-electron chi connectivity index (χ2n) is 5.41. The minimum absolute atomic E-state index is 0.0430. The van der Waals surface area contributed by atoms with Gasteiger partial charge in [0, 0.05) is 11.8 Å². The lowest BCUT2D eigenvalue weighted by Crippen LogP contribution is -2.10. The zero-order valence-corrected chi connectivity index (χ0v) is 11.7. The van der Waals surface area contributed by atoms with Crippen LogP contribution in [0.4, 0.5) is 0 Å². The molecule has 2 aromatic carbocycles. The molecule has 20 heavy (non-hydrogen) atoms. The molecule has 2 aliphatic rings. The highest BCUT2D eigenvalue weighted by Gasteiger charge is 2.42. The Morgan fingerprint density at radius 2 is 1.50 bits per heavy atom. The summed E-state index contributed by atoms with van der Waals surface area (Å²) in [5.41, 5.74) is 2.49. The molecule has 2 nitrogen and oxygen atoms in total. The Kier molecular flexibility index (Phi) is 2.42. The van der Waals surface area contributed by atoms with Crippen LogP contribution in [0.25, 0.3) is 0 Å². The van der Waals surface area contributed by atoms with Gasteiger partial charge in [-0.1, -0.05) is 48.5 Å². The van der Waals surface area contributed by atoms with E-state index in [1.165, 1.54) is 11.1 Å². The molecule has 0 saturated carbocycles. The van der Waals surface area contributed by atoms with Crippen molar-refractivity contribution in [3.8, 4) is 0 Å². The number of hydrogen-bond donors (Lipinski definition) is 0. The average Bonchev–Trinajstić information content (AvgIpc) is 3.08. The van der Waals surface area contributed by atoms with Gasteiger partial charge in [0.25, 0.3) is 0 Å². The van der Waals surface area contributed by atoms with Crippen molar-refractivity contribution >= 4 is 9.84 Å².